The van der Waals surface area contributed by atoms with Gasteiger partial charge in [0.25, 0.3) is 0 Å². The van der Waals surface area contributed by atoms with Crippen molar-refractivity contribution in [2.75, 3.05) is 25.0 Å². The second-order valence-corrected chi connectivity index (χ2v) is 6.57. The highest BCUT2D eigenvalue weighted by Gasteiger charge is 2.20. The molecule has 0 bridgehead atoms. The van der Waals surface area contributed by atoms with E-state index >= 15 is 0 Å². The molecule has 1 saturated heterocycles. The Morgan fingerprint density at radius 3 is 3.00 bits per heavy atom. The smallest absolute Gasteiger partial charge is 0.170 e. The number of quaternary nitrogens is 1. The van der Waals surface area contributed by atoms with E-state index in [0.717, 1.165) is 23.4 Å². The molecule has 2 rings (SSSR count). The van der Waals surface area contributed by atoms with Gasteiger partial charge in [0.05, 0.1) is 19.1 Å². The summed E-state index contributed by atoms with van der Waals surface area (Å²) in [5.74, 6) is 0. The van der Waals surface area contributed by atoms with Crippen molar-refractivity contribution in [3.05, 3.63) is 29.8 Å². The van der Waals surface area contributed by atoms with E-state index in [-0.39, 0.29) is 0 Å². The van der Waals surface area contributed by atoms with Crippen LogP contribution in [0.25, 0.3) is 0 Å². The number of hydrogen-bond donors (Lipinski definition) is 3. The summed E-state index contributed by atoms with van der Waals surface area (Å²) in [6.07, 6.45) is 5.36. The van der Waals surface area contributed by atoms with Crippen molar-refractivity contribution in [3.63, 3.8) is 0 Å². The van der Waals surface area contributed by atoms with Crippen molar-refractivity contribution in [1.82, 2.24) is 5.32 Å². The van der Waals surface area contributed by atoms with Crippen LogP contribution >= 0.6 is 12.2 Å². The Labute approximate surface area is 134 Å². The van der Waals surface area contributed by atoms with E-state index in [1.807, 2.05) is 12.1 Å². The Morgan fingerprint density at radius 1 is 1.38 bits per heavy atom. The zero-order valence-electron chi connectivity index (χ0n) is 13.2. The van der Waals surface area contributed by atoms with Gasteiger partial charge in [0, 0.05) is 18.7 Å². The van der Waals surface area contributed by atoms with Crippen LogP contribution in [0.4, 0.5) is 5.69 Å². The van der Waals surface area contributed by atoms with Crippen LogP contribution in [0.2, 0.25) is 0 Å². The van der Waals surface area contributed by atoms with E-state index in [2.05, 4.69) is 36.6 Å². The number of aryl methyl sites for hydroxylation is 1. The lowest BCUT2D eigenvalue weighted by Crippen LogP contribution is -3.16. The SMILES string of the molecule is Cc1cccc(NC(=S)NCCC[NH+]2CCCC[C@@H]2C)c1. The zero-order chi connectivity index (χ0) is 15.1. The second-order valence-electron chi connectivity index (χ2n) is 6.16. The van der Waals surface area contributed by atoms with Crippen LogP contribution in [-0.2, 0) is 0 Å². The molecule has 0 aliphatic carbocycles. The van der Waals surface area contributed by atoms with E-state index in [0.29, 0.717) is 0 Å². The molecule has 21 heavy (non-hydrogen) atoms. The summed E-state index contributed by atoms with van der Waals surface area (Å²) in [5, 5.41) is 7.28. The molecule has 0 radical (unpaired) electrons. The zero-order valence-corrected chi connectivity index (χ0v) is 14.1. The average molecular weight is 306 g/mol. The van der Waals surface area contributed by atoms with Crippen molar-refractivity contribution in [2.24, 2.45) is 0 Å². The van der Waals surface area contributed by atoms with Crippen LogP contribution < -0.4 is 15.5 Å². The Morgan fingerprint density at radius 2 is 2.24 bits per heavy atom. The molecule has 1 aliphatic heterocycles. The van der Waals surface area contributed by atoms with Gasteiger partial charge in [-0.05, 0) is 63.0 Å². The normalized spacial score (nSPS) is 21.8. The molecule has 0 spiro atoms. The second kappa shape index (κ2) is 8.35. The van der Waals surface area contributed by atoms with Crippen LogP contribution in [0.1, 0.15) is 38.2 Å². The highest BCUT2D eigenvalue weighted by Crippen LogP contribution is 2.09. The highest BCUT2D eigenvalue weighted by atomic mass is 32.1. The summed E-state index contributed by atoms with van der Waals surface area (Å²) in [7, 11) is 0. The number of benzene rings is 1. The van der Waals surface area contributed by atoms with Gasteiger partial charge in [0.15, 0.2) is 5.11 Å². The fourth-order valence-electron chi connectivity index (χ4n) is 3.04. The number of nitrogens with one attached hydrogen (secondary N) is 3. The molecule has 1 aromatic rings. The molecular weight excluding hydrogens is 278 g/mol. The molecule has 0 saturated carbocycles. The molecule has 3 N–H and O–H groups in total. The summed E-state index contributed by atoms with van der Waals surface area (Å²) < 4.78 is 0. The predicted molar refractivity (Wildman–Crippen MR) is 94.0 cm³/mol. The first kappa shape index (κ1) is 16.2. The average Bonchev–Trinajstić information content (AvgIpc) is 2.45. The maximum absolute atomic E-state index is 5.34. The van der Waals surface area contributed by atoms with E-state index in [4.69, 9.17) is 12.2 Å². The third-order valence-corrected chi connectivity index (χ3v) is 4.56. The number of rotatable bonds is 5. The topological polar surface area (TPSA) is 28.5 Å². The number of piperidine rings is 1. The molecule has 0 aromatic heterocycles. The summed E-state index contributed by atoms with van der Waals surface area (Å²) in [6, 6.07) is 9.11. The monoisotopic (exact) mass is 306 g/mol. The summed E-state index contributed by atoms with van der Waals surface area (Å²) >= 11 is 5.34. The largest absolute Gasteiger partial charge is 0.362 e. The van der Waals surface area contributed by atoms with Crippen molar-refractivity contribution >= 4 is 23.0 Å². The predicted octanol–water partition coefficient (Wildman–Crippen LogP) is 2.13. The minimum atomic E-state index is 0.724. The van der Waals surface area contributed by atoms with Gasteiger partial charge in [-0.25, -0.2) is 0 Å². The van der Waals surface area contributed by atoms with Gasteiger partial charge in [-0.15, -0.1) is 0 Å². The Hall–Kier alpha value is -1.13. The quantitative estimate of drug-likeness (QED) is 0.575. The number of likely N-dealkylation sites (tertiary alicyclic amines) is 1. The van der Waals surface area contributed by atoms with Crippen LogP contribution in [0.15, 0.2) is 24.3 Å². The lowest BCUT2D eigenvalue weighted by Gasteiger charge is -2.30. The van der Waals surface area contributed by atoms with Crippen LogP contribution in [-0.4, -0.2) is 30.8 Å². The number of anilines is 1. The van der Waals surface area contributed by atoms with Gasteiger partial charge in [-0.2, -0.15) is 0 Å². The van der Waals surface area contributed by atoms with E-state index in [1.165, 1.54) is 44.3 Å². The van der Waals surface area contributed by atoms with Crippen LogP contribution in [0, 0.1) is 6.92 Å². The molecule has 1 heterocycles. The molecule has 116 valence electrons. The molecule has 1 fully saturated rings. The van der Waals surface area contributed by atoms with E-state index in [9.17, 15) is 0 Å². The summed E-state index contributed by atoms with van der Waals surface area (Å²) in [6.45, 7) is 8.01. The molecule has 1 aliphatic rings. The third-order valence-electron chi connectivity index (χ3n) is 4.32. The van der Waals surface area contributed by atoms with Crippen LogP contribution in [0.3, 0.4) is 0 Å². The van der Waals surface area contributed by atoms with Gasteiger partial charge >= 0.3 is 0 Å². The molecule has 1 unspecified atom stereocenters. The maximum Gasteiger partial charge on any atom is 0.170 e. The molecule has 4 heteroatoms. The first-order valence-electron chi connectivity index (χ1n) is 8.11. The lowest BCUT2D eigenvalue weighted by atomic mass is 10.0. The van der Waals surface area contributed by atoms with Crippen molar-refractivity contribution in [2.45, 2.75) is 45.6 Å². The first-order valence-corrected chi connectivity index (χ1v) is 8.52. The van der Waals surface area contributed by atoms with Crippen LogP contribution in [0.5, 0.6) is 0 Å². The molecule has 0 amide bonds. The first-order chi connectivity index (χ1) is 10.1. The van der Waals surface area contributed by atoms with Gasteiger partial charge in [-0.3, -0.25) is 0 Å². The Bertz CT molecular complexity index is 461. The molecular formula is C17H28N3S+. The maximum atomic E-state index is 5.34. The standard InChI is InChI=1S/C17H27N3S/c1-14-7-5-9-16(13-14)19-17(21)18-10-6-12-20-11-4-3-8-15(20)2/h5,7,9,13,15H,3-4,6,8,10-12H2,1-2H3,(H2,18,19,21)/p+1/t15-/m0/s1. The Balaban J connectivity index is 1.63. The third kappa shape index (κ3) is 5.64. The van der Waals surface area contributed by atoms with Gasteiger partial charge in [0.2, 0.25) is 0 Å². The molecule has 1 aromatic carbocycles. The van der Waals surface area contributed by atoms with Gasteiger partial charge in [0.1, 0.15) is 0 Å². The number of hydrogen-bond acceptors (Lipinski definition) is 1. The minimum Gasteiger partial charge on any atom is -0.362 e. The molecule has 3 nitrogen and oxygen atoms in total. The summed E-state index contributed by atoms with van der Waals surface area (Å²) in [5.41, 5.74) is 2.30. The Kier molecular flexibility index (Phi) is 6.46. The number of thiocarbonyl (C=S) groups is 1. The lowest BCUT2D eigenvalue weighted by molar-refractivity contribution is -0.928. The van der Waals surface area contributed by atoms with Crippen molar-refractivity contribution in [3.8, 4) is 0 Å². The highest BCUT2D eigenvalue weighted by molar-refractivity contribution is 7.80. The van der Waals surface area contributed by atoms with Crippen molar-refractivity contribution < 1.29 is 4.90 Å². The molecule has 2 atom stereocenters. The van der Waals surface area contributed by atoms with Gasteiger partial charge in [-0.1, -0.05) is 12.1 Å². The van der Waals surface area contributed by atoms with E-state index < -0.39 is 0 Å². The van der Waals surface area contributed by atoms with Gasteiger partial charge < -0.3 is 15.5 Å². The fourth-order valence-corrected chi connectivity index (χ4v) is 3.26. The fraction of sp³-hybridized carbons (Fsp3) is 0.588. The van der Waals surface area contributed by atoms with Crippen molar-refractivity contribution in [1.29, 1.82) is 0 Å². The summed E-state index contributed by atoms with van der Waals surface area (Å²) in [4.78, 5) is 1.76. The minimum absolute atomic E-state index is 0.724. The van der Waals surface area contributed by atoms with E-state index in [1.54, 1.807) is 4.90 Å².